The number of benzene rings is 9. The molecule has 270 valence electrons. The van der Waals surface area contributed by atoms with Crippen molar-refractivity contribution < 1.29 is 0 Å². The lowest BCUT2D eigenvalue weighted by molar-refractivity contribution is 1.18. The summed E-state index contributed by atoms with van der Waals surface area (Å²) in [7, 11) is 0. The summed E-state index contributed by atoms with van der Waals surface area (Å²) in [4.78, 5) is 10.7. The van der Waals surface area contributed by atoms with Crippen molar-refractivity contribution in [3.63, 3.8) is 0 Å². The number of aromatic nitrogens is 3. The molecular weight excluding hydrogens is 723 g/mol. The first-order chi connectivity index (χ1) is 28.8. The Hall–Kier alpha value is -7.40. The van der Waals surface area contributed by atoms with Crippen LogP contribution in [0.2, 0.25) is 0 Å². The number of fused-ring (bicyclic) bond motifs is 11. The Balaban J connectivity index is 1.11. The number of para-hydroxylation sites is 2. The van der Waals surface area contributed by atoms with Crippen LogP contribution in [0.3, 0.4) is 0 Å². The van der Waals surface area contributed by atoms with Gasteiger partial charge in [-0.25, -0.2) is 9.97 Å². The van der Waals surface area contributed by atoms with Crippen LogP contribution < -0.4 is 0 Å². The molecule has 0 saturated carbocycles. The van der Waals surface area contributed by atoms with Crippen molar-refractivity contribution in [2.75, 3.05) is 0 Å². The van der Waals surface area contributed by atoms with E-state index in [1.165, 1.54) is 63.9 Å². The third-order valence-electron chi connectivity index (χ3n) is 11.5. The third-order valence-corrected chi connectivity index (χ3v) is 12.7. The van der Waals surface area contributed by atoms with Crippen molar-refractivity contribution in [2.45, 2.75) is 0 Å². The molecule has 0 spiro atoms. The molecule has 0 radical (unpaired) electrons. The van der Waals surface area contributed by atoms with Gasteiger partial charge < -0.3 is 4.57 Å². The highest BCUT2D eigenvalue weighted by molar-refractivity contribution is 7.27. The lowest BCUT2D eigenvalue weighted by Crippen LogP contribution is -1.98. The zero-order valence-corrected chi connectivity index (χ0v) is 32.1. The summed E-state index contributed by atoms with van der Waals surface area (Å²) in [5.41, 5.74) is 12.0. The summed E-state index contributed by atoms with van der Waals surface area (Å²) in [6.45, 7) is 0. The summed E-state index contributed by atoms with van der Waals surface area (Å²) in [6, 6.07) is 71.8. The molecular formula is C54H33N3S. The number of thiophene rings is 1. The molecule has 12 aromatic rings. The Morgan fingerprint density at radius 1 is 0.379 bits per heavy atom. The number of hydrogen-bond donors (Lipinski definition) is 0. The van der Waals surface area contributed by atoms with Crippen LogP contribution in [-0.4, -0.2) is 14.5 Å². The Labute approximate surface area is 338 Å². The molecule has 0 unspecified atom stereocenters. The fraction of sp³-hybridized carbons (Fsp3) is 0. The van der Waals surface area contributed by atoms with Gasteiger partial charge in [0, 0.05) is 48.4 Å². The van der Waals surface area contributed by atoms with Gasteiger partial charge in [0.15, 0.2) is 5.82 Å². The van der Waals surface area contributed by atoms with Crippen LogP contribution in [-0.2, 0) is 0 Å². The SMILES string of the molecule is c1ccc(-c2cc(-c3ccccc3)cc(-c3nc(-c4cccc(-n5c6ccccc6c6c7ccccc7c7c8ccccc8sc7c65)c4)nc4ccccc34)c2)cc1. The van der Waals surface area contributed by atoms with Gasteiger partial charge in [-0.2, -0.15) is 0 Å². The number of nitrogens with zero attached hydrogens (tertiary/aromatic N) is 3. The molecule has 0 aliphatic heterocycles. The molecule has 3 aromatic heterocycles. The van der Waals surface area contributed by atoms with E-state index in [1.807, 2.05) is 11.3 Å². The largest absolute Gasteiger partial charge is 0.308 e. The van der Waals surface area contributed by atoms with E-state index in [9.17, 15) is 0 Å². The molecule has 0 saturated heterocycles. The standard InChI is InChI=1S/C54H33N3S/c1-3-16-34(17-4-1)37-30-38(35-18-5-2-6-19-35)32-39(31-37)51-43-24-9-12-27-46(43)55-54(56-51)36-20-15-21-40(33-36)57-47-28-13-10-25-44(47)49-41-22-7-8-23-42(41)50-45-26-11-14-29-48(45)58-53(50)52(49)57/h1-33H. The van der Waals surface area contributed by atoms with Crippen LogP contribution in [0.4, 0.5) is 0 Å². The maximum Gasteiger partial charge on any atom is 0.160 e. The normalized spacial score (nSPS) is 11.8. The lowest BCUT2D eigenvalue weighted by atomic mass is 9.94. The first-order valence-corrected chi connectivity index (χ1v) is 20.5. The highest BCUT2D eigenvalue weighted by Crippen LogP contribution is 2.48. The number of rotatable bonds is 5. The quantitative estimate of drug-likeness (QED) is 0.175. The van der Waals surface area contributed by atoms with Crippen LogP contribution in [0.15, 0.2) is 200 Å². The molecule has 58 heavy (non-hydrogen) atoms. The van der Waals surface area contributed by atoms with E-state index in [4.69, 9.17) is 9.97 Å². The number of hydrogen-bond acceptors (Lipinski definition) is 3. The van der Waals surface area contributed by atoms with E-state index >= 15 is 0 Å². The van der Waals surface area contributed by atoms with E-state index in [0.717, 1.165) is 44.5 Å². The van der Waals surface area contributed by atoms with E-state index in [0.29, 0.717) is 5.82 Å². The van der Waals surface area contributed by atoms with Crippen LogP contribution in [0.1, 0.15) is 0 Å². The third kappa shape index (κ3) is 5.12. The molecule has 3 nitrogen and oxygen atoms in total. The van der Waals surface area contributed by atoms with Gasteiger partial charge in [0.05, 0.1) is 26.9 Å². The molecule has 0 fully saturated rings. The van der Waals surface area contributed by atoms with Crippen LogP contribution in [0, 0.1) is 0 Å². The lowest BCUT2D eigenvalue weighted by Gasteiger charge is -2.14. The smallest absolute Gasteiger partial charge is 0.160 e. The van der Waals surface area contributed by atoms with Crippen LogP contribution in [0.25, 0.3) is 114 Å². The topological polar surface area (TPSA) is 30.7 Å². The first-order valence-electron chi connectivity index (χ1n) is 19.7. The van der Waals surface area contributed by atoms with Crippen molar-refractivity contribution in [3.05, 3.63) is 200 Å². The van der Waals surface area contributed by atoms with Crippen molar-refractivity contribution in [2.24, 2.45) is 0 Å². The second kappa shape index (κ2) is 13.1. The van der Waals surface area contributed by atoms with Crippen LogP contribution in [0.5, 0.6) is 0 Å². The zero-order chi connectivity index (χ0) is 38.2. The van der Waals surface area contributed by atoms with Gasteiger partial charge in [-0.15, -0.1) is 11.3 Å². The van der Waals surface area contributed by atoms with Gasteiger partial charge >= 0.3 is 0 Å². The maximum atomic E-state index is 5.46. The average Bonchev–Trinajstić information content (AvgIpc) is 3.86. The minimum atomic E-state index is 0.695. The summed E-state index contributed by atoms with van der Waals surface area (Å²) < 4.78 is 5.06. The Kier molecular flexibility index (Phi) is 7.40. The van der Waals surface area contributed by atoms with E-state index < -0.39 is 0 Å². The molecule has 4 heteroatoms. The van der Waals surface area contributed by atoms with Crippen molar-refractivity contribution in [3.8, 4) is 50.6 Å². The molecule has 0 aliphatic rings. The summed E-state index contributed by atoms with van der Waals surface area (Å²) in [5.74, 6) is 0.695. The second-order valence-electron chi connectivity index (χ2n) is 14.9. The average molecular weight is 756 g/mol. The van der Waals surface area contributed by atoms with Gasteiger partial charge in [0.25, 0.3) is 0 Å². The Morgan fingerprint density at radius 2 is 0.948 bits per heavy atom. The fourth-order valence-corrected chi connectivity index (χ4v) is 10.2. The Morgan fingerprint density at radius 3 is 1.69 bits per heavy atom. The molecule has 0 atom stereocenters. The molecule has 12 rings (SSSR count). The highest BCUT2D eigenvalue weighted by Gasteiger charge is 2.22. The minimum absolute atomic E-state index is 0.695. The highest BCUT2D eigenvalue weighted by atomic mass is 32.1. The van der Waals surface area contributed by atoms with Crippen molar-refractivity contribution in [1.82, 2.24) is 14.5 Å². The van der Waals surface area contributed by atoms with Gasteiger partial charge in [-0.1, -0.05) is 152 Å². The van der Waals surface area contributed by atoms with Crippen molar-refractivity contribution in [1.29, 1.82) is 0 Å². The van der Waals surface area contributed by atoms with Crippen LogP contribution >= 0.6 is 11.3 Å². The monoisotopic (exact) mass is 755 g/mol. The van der Waals surface area contributed by atoms with Gasteiger partial charge in [-0.3, -0.25) is 0 Å². The summed E-state index contributed by atoms with van der Waals surface area (Å²) in [6.07, 6.45) is 0. The zero-order valence-electron chi connectivity index (χ0n) is 31.3. The van der Waals surface area contributed by atoms with Gasteiger partial charge in [-0.05, 0) is 81.6 Å². The molecule has 0 aliphatic carbocycles. The predicted octanol–water partition coefficient (Wildman–Crippen LogP) is 14.9. The molecule has 0 amide bonds. The summed E-state index contributed by atoms with van der Waals surface area (Å²) >= 11 is 1.89. The van der Waals surface area contributed by atoms with Gasteiger partial charge in [0.2, 0.25) is 0 Å². The molecule has 0 N–H and O–H groups in total. The maximum absolute atomic E-state index is 5.46. The predicted molar refractivity (Wildman–Crippen MR) is 246 cm³/mol. The minimum Gasteiger partial charge on any atom is -0.308 e. The van der Waals surface area contributed by atoms with Gasteiger partial charge in [0.1, 0.15) is 0 Å². The molecule has 0 bridgehead atoms. The molecule has 3 heterocycles. The van der Waals surface area contributed by atoms with E-state index in [-0.39, 0.29) is 0 Å². The van der Waals surface area contributed by atoms with Crippen molar-refractivity contribution >= 4 is 75.0 Å². The molecule has 9 aromatic carbocycles. The van der Waals surface area contributed by atoms with E-state index in [2.05, 4.69) is 205 Å². The first kappa shape index (κ1) is 32.8. The second-order valence-corrected chi connectivity index (χ2v) is 16.0. The summed E-state index contributed by atoms with van der Waals surface area (Å²) in [5, 5.41) is 8.74. The fourth-order valence-electron chi connectivity index (χ4n) is 8.96. The van der Waals surface area contributed by atoms with E-state index in [1.54, 1.807) is 0 Å². The Bertz CT molecular complexity index is 3510.